The fraction of sp³-hybridized carbons (Fsp3) is 0.556. The van der Waals surface area contributed by atoms with Gasteiger partial charge in [0.25, 0.3) is 5.91 Å². The van der Waals surface area contributed by atoms with E-state index in [4.69, 9.17) is 0 Å². The minimum absolute atomic E-state index is 0.0218. The molecule has 72 valence electrons. The van der Waals surface area contributed by atoms with Gasteiger partial charge in [-0.05, 0) is 26.3 Å². The van der Waals surface area contributed by atoms with Crippen molar-refractivity contribution in [2.24, 2.45) is 0 Å². The molecule has 4 nitrogen and oxygen atoms in total. The molecule has 13 heavy (non-hydrogen) atoms. The van der Waals surface area contributed by atoms with Gasteiger partial charge in [-0.25, -0.2) is 4.79 Å². The van der Waals surface area contributed by atoms with Crippen LogP contribution in [0.4, 0.5) is 4.79 Å². The third-order valence-corrected chi connectivity index (χ3v) is 2.68. The predicted molar refractivity (Wildman–Crippen MR) is 49.1 cm³/mol. The van der Waals surface area contributed by atoms with Crippen LogP contribution in [0, 0.1) is 0 Å². The minimum Gasteiger partial charge on any atom is -0.321 e. The Balaban J connectivity index is 3.11. The van der Waals surface area contributed by atoms with Crippen LogP contribution in [0.3, 0.4) is 0 Å². The molecule has 0 bridgehead atoms. The fourth-order valence-electron chi connectivity index (χ4n) is 1.24. The molecular formula is C9H14N2O2. The summed E-state index contributed by atoms with van der Waals surface area (Å²) in [6.45, 7) is 5.50. The highest BCUT2D eigenvalue weighted by atomic mass is 16.2. The number of urea groups is 1. The molecule has 1 aliphatic heterocycles. The van der Waals surface area contributed by atoms with E-state index in [2.05, 4.69) is 5.32 Å². The first-order chi connectivity index (χ1) is 5.95. The SMILES string of the molecule is CC1=C(C)C(C)N(C)C(=O)NC1=O. The van der Waals surface area contributed by atoms with Gasteiger partial charge in [-0.2, -0.15) is 0 Å². The van der Waals surface area contributed by atoms with Crippen LogP contribution in [-0.2, 0) is 4.79 Å². The van der Waals surface area contributed by atoms with E-state index in [9.17, 15) is 9.59 Å². The van der Waals surface area contributed by atoms with E-state index in [1.807, 2.05) is 13.8 Å². The van der Waals surface area contributed by atoms with Gasteiger partial charge in [-0.15, -0.1) is 0 Å². The summed E-state index contributed by atoms with van der Waals surface area (Å²) in [5.74, 6) is -0.293. The molecule has 1 unspecified atom stereocenters. The van der Waals surface area contributed by atoms with E-state index in [1.54, 1.807) is 14.0 Å². The summed E-state index contributed by atoms with van der Waals surface area (Å²) in [6.07, 6.45) is 0. The second-order valence-corrected chi connectivity index (χ2v) is 3.35. The summed E-state index contributed by atoms with van der Waals surface area (Å²) in [7, 11) is 1.68. The molecule has 0 aromatic heterocycles. The van der Waals surface area contributed by atoms with Gasteiger partial charge in [0, 0.05) is 12.6 Å². The van der Waals surface area contributed by atoms with Crippen molar-refractivity contribution >= 4 is 11.9 Å². The van der Waals surface area contributed by atoms with Crippen LogP contribution < -0.4 is 5.32 Å². The summed E-state index contributed by atoms with van der Waals surface area (Å²) >= 11 is 0. The van der Waals surface area contributed by atoms with Crippen molar-refractivity contribution in [2.75, 3.05) is 7.05 Å². The zero-order chi connectivity index (χ0) is 10.2. The van der Waals surface area contributed by atoms with Crippen molar-refractivity contribution in [1.82, 2.24) is 10.2 Å². The van der Waals surface area contributed by atoms with Crippen LogP contribution in [0.25, 0.3) is 0 Å². The van der Waals surface area contributed by atoms with E-state index < -0.39 is 0 Å². The number of nitrogens with zero attached hydrogens (tertiary/aromatic N) is 1. The largest absolute Gasteiger partial charge is 0.324 e. The first-order valence-corrected chi connectivity index (χ1v) is 4.20. The van der Waals surface area contributed by atoms with Crippen LogP contribution in [0.15, 0.2) is 11.1 Å². The first kappa shape index (κ1) is 9.77. The lowest BCUT2D eigenvalue weighted by Crippen LogP contribution is -2.42. The number of carbonyl (C=O) groups is 2. The second-order valence-electron chi connectivity index (χ2n) is 3.35. The molecule has 1 atom stereocenters. The summed E-state index contributed by atoms with van der Waals surface area (Å²) in [5, 5.41) is 2.29. The van der Waals surface area contributed by atoms with Gasteiger partial charge in [0.05, 0.1) is 6.04 Å². The highest BCUT2D eigenvalue weighted by Crippen LogP contribution is 2.16. The Morgan fingerprint density at radius 1 is 1.31 bits per heavy atom. The Labute approximate surface area is 77.6 Å². The molecule has 0 aliphatic carbocycles. The fourth-order valence-corrected chi connectivity index (χ4v) is 1.24. The number of likely N-dealkylation sites (N-methyl/N-ethyl adjacent to an activating group) is 1. The average Bonchev–Trinajstić information content (AvgIpc) is 2.15. The zero-order valence-electron chi connectivity index (χ0n) is 8.34. The number of amides is 3. The first-order valence-electron chi connectivity index (χ1n) is 4.20. The number of carbonyl (C=O) groups excluding carboxylic acids is 2. The molecule has 0 aromatic carbocycles. The van der Waals surface area contributed by atoms with Gasteiger partial charge in [-0.1, -0.05) is 0 Å². The van der Waals surface area contributed by atoms with E-state index in [-0.39, 0.29) is 18.0 Å². The molecule has 0 saturated heterocycles. The molecule has 0 saturated carbocycles. The van der Waals surface area contributed by atoms with Gasteiger partial charge >= 0.3 is 6.03 Å². The van der Waals surface area contributed by atoms with Crippen molar-refractivity contribution in [3.05, 3.63) is 11.1 Å². The standard InChI is InChI=1S/C9H14N2O2/c1-5-6(2)8(12)10-9(13)11(4)7(5)3/h7H,1-4H3,(H,10,12,13). The predicted octanol–water partition coefficient (Wildman–Crippen LogP) is 0.893. The summed E-state index contributed by atoms with van der Waals surface area (Å²) in [5.41, 5.74) is 1.57. The van der Waals surface area contributed by atoms with Crippen molar-refractivity contribution in [3.8, 4) is 0 Å². The van der Waals surface area contributed by atoms with E-state index in [1.165, 1.54) is 4.90 Å². The van der Waals surface area contributed by atoms with Crippen molar-refractivity contribution in [2.45, 2.75) is 26.8 Å². The lowest BCUT2D eigenvalue weighted by atomic mass is 10.0. The summed E-state index contributed by atoms with van der Waals surface area (Å²) < 4.78 is 0. The van der Waals surface area contributed by atoms with Crippen molar-refractivity contribution in [3.63, 3.8) is 0 Å². The Bertz CT molecular complexity index is 294. The molecule has 0 radical (unpaired) electrons. The average molecular weight is 182 g/mol. The number of hydrogen-bond acceptors (Lipinski definition) is 2. The summed E-state index contributed by atoms with van der Waals surface area (Å²) in [6, 6.07) is -0.361. The second kappa shape index (κ2) is 3.20. The molecule has 0 spiro atoms. The topological polar surface area (TPSA) is 49.4 Å². The lowest BCUT2D eigenvalue weighted by Gasteiger charge is -2.22. The normalized spacial score (nSPS) is 24.6. The molecule has 1 N–H and O–H groups in total. The third-order valence-electron chi connectivity index (χ3n) is 2.68. The van der Waals surface area contributed by atoms with Crippen molar-refractivity contribution < 1.29 is 9.59 Å². The smallest absolute Gasteiger partial charge is 0.321 e. The highest BCUT2D eigenvalue weighted by molar-refractivity contribution is 6.05. The monoisotopic (exact) mass is 182 g/mol. The maximum atomic E-state index is 11.3. The maximum Gasteiger partial charge on any atom is 0.324 e. The number of hydrogen-bond donors (Lipinski definition) is 1. The number of rotatable bonds is 0. The van der Waals surface area contributed by atoms with E-state index >= 15 is 0 Å². The van der Waals surface area contributed by atoms with E-state index in [0.717, 1.165) is 5.57 Å². The van der Waals surface area contributed by atoms with Crippen LogP contribution >= 0.6 is 0 Å². The number of imide groups is 1. The minimum atomic E-state index is -0.339. The van der Waals surface area contributed by atoms with Gasteiger partial charge < -0.3 is 4.90 Å². The molecule has 3 amide bonds. The summed E-state index contributed by atoms with van der Waals surface area (Å²) in [4.78, 5) is 24.1. The van der Waals surface area contributed by atoms with Crippen LogP contribution in [0.2, 0.25) is 0 Å². The Morgan fingerprint density at radius 3 is 2.38 bits per heavy atom. The van der Waals surface area contributed by atoms with Gasteiger partial charge in [0.1, 0.15) is 0 Å². The van der Waals surface area contributed by atoms with Gasteiger partial charge in [0.2, 0.25) is 0 Å². The van der Waals surface area contributed by atoms with Gasteiger partial charge in [-0.3, -0.25) is 10.1 Å². The van der Waals surface area contributed by atoms with Crippen molar-refractivity contribution in [1.29, 1.82) is 0 Å². The molecule has 0 fully saturated rings. The molecule has 1 aliphatic rings. The number of nitrogens with one attached hydrogen (secondary N) is 1. The van der Waals surface area contributed by atoms with E-state index in [0.29, 0.717) is 5.57 Å². The zero-order valence-corrected chi connectivity index (χ0v) is 8.34. The van der Waals surface area contributed by atoms with Crippen LogP contribution in [-0.4, -0.2) is 29.9 Å². The van der Waals surface area contributed by atoms with Crippen LogP contribution in [0.5, 0.6) is 0 Å². The lowest BCUT2D eigenvalue weighted by molar-refractivity contribution is -0.116. The molecular weight excluding hydrogens is 168 g/mol. The third kappa shape index (κ3) is 1.56. The quantitative estimate of drug-likeness (QED) is 0.605. The van der Waals surface area contributed by atoms with Crippen LogP contribution in [0.1, 0.15) is 20.8 Å². The molecule has 1 heterocycles. The Hall–Kier alpha value is -1.32. The maximum absolute atomic E-state index is 11.3. The molecule has 0 aromatic rings. The molecule has 1 rings (SSSR count). The Morgan fingerprint density at radius 2 is 1.85 bits per heavy atom. The van der Waals surface area contributed by atoms with Gasteiger partial charge in [0.15, 0.2) is 0 Å². The Kier molecular flexibility index (Phi) is 2.40. The molecule has 4 heteroatoms. The highest BCUT2D eigenvalue weighted by Gasteiger charge is 2.26.